The minimum absolute atomic E-state index is 0.0521. The van der Waals surface area contributed by atoms with Crippen molar-refractivity contribution in [1.82, 2.24) is 4.57 Å². The Morgan fingerprint density at radius 1 is 1.20 bits per heavy atom. The number of halogens is 1. The second kappa shape index (κ2) is 6.27. The minimum Gasteiger partial charge on any atom is -0.550 e. The Kier molecular flexibility index (Phi) is 4.65. The largest absolute Gasteiger partial charge is 0.550 e. The molecule has 2 rings (SSSR count). The number of carbonyl (C=O) groups excluding carboxylic acids is 1. The summed E-state index contributed by atoms with van der Waals surface area (Å²) in [5, 5.41) is 10.6. The molecule has 0 N–H and O–H groups in total. The molecule has 1 aromatic heterocycles. The Bertz CT molecular complexity index is 599. The van der Waals surface area contributed by atoms with Gasteiger partial charge in [-0.3, -0.25) is 0 Å². The number of rotatable bonds is 5. The van der Waals surface area contributed by atoms with Crippen molar-refractivity contribution < 1.29 is 9.90 Å². The second-order valence-corrected chi connectivity index (χ2v) is 5.97. The Morgan fingerprint density at radius 2 is 1.85 bits per heavy atom. The molecule has 1 heterocycles. The van der Waals surface area contributed by atoms with Crippen LogP contribution in [0.25, 0.3) is 11.3 Å². The normalized spacial score (nSPS) is 11.0. The van der Waals surface area contributed by atoms with Crippen LogP contribution < -0.4 is 5.11 Å². The third-order valence-corrected chi connectivity index (χ3v) is 3.77. The molecule has 106 valence electrons. The lowest BCUT2D eigenvalue weighted by molar-refractivity contribution is -0.305. The van der Waals surface area contributed by atoms with E-state index in [1.807, 2.05) is 24.3 Å². The summed E-state index contributed by atoms with van der Waals surface area (Å²) in [4.78, 5) is 10.6. The van der Waals surface area contributed by atoms with E-state index in [1.54, 1.807) is 0 Å². The zero-order valence-electron chi connectivity index (χ0n) is 11.6. The zero-order chi connectivity index (χ0) is 14.7. The number of carboxylic acids is 1. The van der Waals surface area contributed by atoms with E-state index in [2.05, 4.69) is 46.5 Å². The Morgan fingerprint density at radius 3 is 2.40 bits per heavy atom. The van der Waals surface area contributed by atoms with Gasteiger partial charge in [-0.2, -0.15) is 0 Å². The molecular weight excluding hydrogens is 318 g/mol. The summed E-state index contributed by atoms with van der Waals surface area (Å²) in [5.41, 5.74) is 3.27. The van der Waals surface area contributed by atoms with Gasteiger partial charge in [-0.15, -0.1) is 0 Å². The predicted molar refractivity (Wildman–Crippen MR) is 81.3 cm³/mol. The average molecular weight is 335 g/mol. The molecule has 0 aliphatic rings. The van der Waals surface area contributed by atoms with Crippen LogP contribution in [0.2, 0.25) is 0 Å². The number of hydrogen-bond donors (Lipinski definition) is 0. The fourth-order valence-electron chi connectivity index (χ4n) is 2.39. The fourth-order valence-corrected chi connectivity index (χ4v) is 2.65. The molecule has 20 heavy (non-hydrogen) atoms. The van der Waals surface area contributed by atoms with Crippen LogP contribution in [0.5, 0.6) is 0 Å². The number of aliphatic carboxylic acids is 1. The summed E-state index contributed by atoms with van der Waals surface area (Å²) in [6.45, 7) is 4.20. The highest BCUT2D eigenvalue weighted by Crippen LogP contribution is 2.28. The predicted octanol–water partition coefficient (Wildman–Crippen LogP) is 3.18. The van der Waals surface area contributed by atoms with Crippen molar-refractivity contribution in [2.45, 2.75) is 32.7 Å². The molecule has 0 fully saturated rings. The molecule has 0 saturated heterocycles. The molecule has 2 aromatic rings. The van der Waals surface area contributed by atoms with E-state index in [1.165, 1.54) is 0 Å². The van der Waals surface area contributed by atoms with Crippen molar-refractivity contribution in [3.63, 3.8) is 0 Å². The molecule has 0 amide bonds. The molecule has 0 aliphatic carbocycles. The molecular formula is C16H17BrNO2-. The topological polar surface area (TPSA) is 45.1 Å². The Labute approximate surface area is 127 Å². The summed E-state index contributed by atoms with van der Waals surface area (Å²) in [7, 11) is 0. The molecule has 1 aromatic carbocycles. The van der Waals surface area contributed by atoms with Gasteiger partial charge in [0, 0.05) is 27.9 Å². The first-order valence-electron chi connectivity index (χ1n) is 6.65. The lowest BCUT2D eigenvalue weighted by atomic mass is 10.1. The van der Waals surface area contributed by atoms with Crippen LogP contribution in [0.1, 0.15) is 32.0 Å². The van der Waals surface area contributed by atoms with Crippen molar-refractivity contribution in [3.8, 4) is 11.3 Å². The van der Waals surface area contributed by atoms with Gasteiger partial charge in [0.1, 0.15) is 0 Å². The zero-order valence-corrected chi connectivity index (χ0v) is 13.2. The van der Waals surface area contributed by atoms with Crippen LogP contribution in [0, 0.1) is 0 Å². The third-order valence-electron chi connectivity index (χ3n) is 3.24. The van der Waals surface area contributed by atoms with Gasteiger partial charge in [0.2, 0.25) is 0 Å². The number of nitrogens with zero attached hydrogens (tertiary/aromatic N) is 1. The minimum atomic E-state index is -1.01. The highest BCUT2D eigenvalue weighted by atomic mass is 79.9. The smallest absolute Gasteiger partial charge is 0.0484 e. The van der Waals surface area contributed by atoms with Crippen LogP contribution >= 0.6 is 15.9 Å². The maximum atomic E-state index is 10.6. The van der Waals surface area contributed by atoms with Gasteiger partial charge in [0.25, 0.3) is 0 Å². The van der Waals surface area contributed by atoms with E-state index in [0.717, 1.165) is 21.4 Å². The molecule has 0 spiro atoms. The standard InChI is InChI=1S/C16H18BrNO2/c1-11(2)18-14(8-10-16(19)20)7-9-15(18)12-3-5-13(17)6-4-12/h3-7,9,11H,8,10H2,1-2H3,(H,19,20)/p-1. The Hall–Kier alpha value is -1.55. The SMILES string of the molecule is CC(C)n1c(CCC(=O)[O-])ccc1-c1ccc(Br)cc1. The van der Waals surface area contributed by atoms with Crippen molar-refractivity contribution >= 4 is 21.9 Å². The molecule has 0 aliphatic heterocycles. The van der Waals surface area contributed by atoms with Crippen LogP contribution in [0.4, 0.5) is 0 Å². The van der Waals surface area contributed by atoms with E-state index >= 15 is 0 Å². The molecule has 0 saturated carbocycles. The van der Waals surface area contributed by atoms with Crippen LogP contribution in [0.3, 0.4) is 0 Å². The Balaban J connectivity index is 2.38. The number of aromatic nitrogens is 1. The van der Waals surface area contributed by atoms with Gasteiger partial charge < -0.3 is 14.5 Å². The molecule has 0 radical (unpaired) electrons. The summed E-state index contributed by atoms with van der Waals surface area (Å²) in [5.74, 6) is -1.01. The fraction of sp³-hybridized carbons (Fsp3) is 0.312. The number of carboxylic acid groups (broad SMARTS) is 1. The van der Waals surface area contributed by atoms with Crippen LogP contribution in [-0.2, 0) is 11.2 Å². The third kappa shape index (κ3) is 3.31. The average Bonchev–Trinajstić information content (AvgIpc) is 2.81. The number of carbonyl (C=O) groups is 1. The molecule has 4 heteroatoms. The highest BCUT2D eigenvalue weighted by molar-refractivity contribution is 9.10. The molecule has 0 bridgehead atoms. The van der Waals surface area contributed by atoms with Crippen molar-refractivity contribution in [3.05, 3.63) is 46.6 Å². The highest BCUT2D eigenvalue weighted by Gasteiger charge is 2.12. The van der Waals surface area contributed by atoms with E-state index in [4.69, 9.17) is 0 Å². The van der Waals surface area contributed by atoms with Gasteiger partial charge in [-0.1, -0.05) is 28.1 Å². The summed E-state index contributed by atoms with van der Waals surface area (Å²) in [6, 6.07) is 12.5. The maximum Gasteiger partial charge on any atom is 0.0484 e. The lowest BCUT2D eigenvalue weighted by Crippen LogP contribution is -2.23. The summed E-state index contributed by atoms with van der Waals surface area (Å²) in [6.07, 6.45) is 0.549. The van der Waals surface area contributed by atoms with Gasteiger partial charge in [0.15, 0.2) is 0 Å². The molecule has 0 unspecified atom stereocenters. The van der Waals surface area contributed by atoms with Gasteiger partial charge in [-0.25, -0.2) is 0 Å². The van der Waals surface area contributed by atoms with E-state index in [9.17, 15) is 9.90 Å². The van der Waals surface area contributed by atoms with E-state index in [0.29, 0.717) is 6.42 Å². The first-order valence-corrected chi connectivity index (χ1v) is 7.44. The lowest BCUT2D eigenvalue weighted by Gasteiger charge is -2.18. The number of aryl methyl sites for hydroxylation is 1. The molecule has 0 atom stereocenters. The van der Waals surface area contributed by atoms with E-state index in [-0.39, 0.29) is 12.5 Å². The van der Waals surface area contributed by atoms with Crippen LogP contribution in [-0.4, -0.2) is 10.5 Å². The van der Waals surface area contributed by atoms with Gasteiger partial charge >= 0.3 is 0 Å². The first-order chi connectivity index (χ1) is 9.49. The second-order valence-electron chi connectivity index (χ2n) is 5.05. The monoisotopic (exact) mass is 334 g/mol. The maximum absolute atomic E-state index is 10.6. The van der Waals surface area contributed by atoms with E-state index < -0.39 is 5.97 Å². The molecule has 3 nitrogen and oxygen atoms in total. The van der Waals surface area contributed by atoms with Crippen LogP contribution in [0.15, 0.2) is 40.9 Å². The van der Waals surface area contributed by atoms with Crippen molar-refractivity contribution in [2.75, 3.05) is 0 Å². The summed E-state index contributed by atoms with van der Waals surface area (Å²) < 4.78 is 3.23. The van der Waals surface area contributed by atoms with Crippen molar-refractivity contribution in [2.24, 2.45) is 0 Å². The number of benzene rings is 1. The first kappa shape index (κ1) is 14.9. The van der Waals surface area contributed by atoms with Gasteiger partial charge in [0.05, 0.1) is 0 Å². The number of hydrogen-bond acceptors (Lipinski definition) is 2. The van der Waals surface area contributed by atoms with Gasteiger partial charge in [-0.05, 0) is 56.5 Å². The van der Waals surface area contributed by atoms with Crippen molar-refractivity contribution in [1.29, 1.82) is 0 Å². The quantitative estimate of drug-likeness (QED) is 0.842. The summed E-state index contributed by atoms with van der Waals surface area (Å²) >= 11 is 3.43.